The Morgan fingerprint density at radius 1 is 1.19 bits per heavy atom. The normalized spacial score (nSPS) is 10.5. The van der Waals surface area contributed by atoms with E-state index in [9.17, 15) is 22.8 Å². The first-order valence-electron chi connectivity index (χ1n) is 7.31. The van der Waals surface area contributed by atoms with E-state index in [-0.39, 0.29) is 23.0 Å². The van der Waals surface area contributed by atoms with Crippen LogP contribution >= 0.6 is 11.6 Å². The summed E-state index contributed by atoms with van der Waals surface area (Å²) in [6, 6.07) is 9.19. The fourth-order valence-electron chi connectivity index (χ4n) is 2.05. The molecule has 0 aliphatic heterocycles. The van der Waals surface area contributed by atoms with Gasteiger partial charge in [-0.2, -0.15) is 8.78 Å². The minimum absolute atomic E-state index is 0.0105. The molecule has 0 unspecified atom stereocenters. The van der Waals surface area contributed by atoms with Crippen molar-refractivity contribution in [3.63, 3.8) is 0 Å². The highest BCUT2D eigenvalue weighted by Crippen LogP contribution is 2.19. The Morgan fingerprint density at radius 3 is 2.42 bits per heavy atom. The molecule has 26 heavy (non-hydrogen) atoms. The number of hydrogen-bond acceptors (Lipinski definition) is 3. The van der Waals surface area contributed by atoms with Crippen LogP contribution in [-0.4, -0.2) is 30.4 Å². The molecule has 0 aliphatic rings. The van der Waals surface area contributed by atoms with Crippen LogP contribution in [0.1, 0.15) is 5.56 Å². The first-order valence-corrected chi connectivity index (χ1v) is 7.69. The predicted octanol–water partition coefficient (Wildman–Crippen LogP) is 3.68. The van der Waals surface area contributed by atoms with Crippen LogP contribution in [0.25, 0.3) is 0 Å². The van der Waals surface area contributed by atoms with E-state index in [1.807, 2.05) is 0 Å². The minimum atomic E-state index is -2.92. The summed E-state index contributed by atoms with van der Waals surface area (Å²) in [4.78, 5) is 25.2. The zero-order valence-electron chi connectivity index (χ0n) is 13.5. The van der Waals surface area contributed by atoms with E-state index < -0.39 is 24.2 Å². The molecule has 0 fully saturated rings. The standard InChI is InChI=1S/C17H14ClF3N2O3/c1-23(9-10-2-5-12(6-3-10)26-17(20)21)16(25)15(24)22-11-4-7-14(19)13(18)8-11/h2-8,17H,9H2,1H3,(H,22,24). The number of ether oxygens (including phenoxy) is 1. The quantitative estimate of drug-likeness (QED) is 0.797. The second-order valence-electron chi connectivity index (χ2n) is 5.27. The largest absolute Gasteiger partial charge is 0.435 e. The van der Waals surface area contributed by atoms with Gasteiger partial charge in [0.1, 0.15) is 11.6 Å². The van der Waals surface area contributed by atoms with E-state index in [1.165, 1.54) is 43.4 Å². The van der Waals surface area contributed by atoms with Gasteiger partial charge in [-0.05, 0) is 35.9 Å². The SMILES string of the molecule is CN(Cc1ccc(OC(F)F)cc1)C(=O)C(=O)Nc1ccc(F)c(Cl)c1. The average molecular weight is 387 g/mol. The Bertz CT molecular complexity index is 800. The van der Waals surface area contributed by atoms with E-state index in [4.69, 9.17) is 11.6 Å². The molecule has 2 amide bonds. The molecule has 9 heteroatoms. The fraction of sp³-hybridized carbons (Fsp3) is 0.176. The lowest BCUT2D eigenvalue weighted by Gasteiger charge is -2.17. The molecule has 0 heterocycles. The van der Waals surface area contributed by atoms with Gasteiger partial charge >= 0.3 is 18.4 Å². The molecule has 0 radical (unpaired) electrons. The number of anilines is 1. The number of carbonyl (C=O) groups is 2. The van der Waals surface area contributed by atoms with Gasteiger partial charge in [-0.1, -0.05) is 23.7 Å². The first-order chi connectivity index (χ1) is 12.3. The number of rotatable bonds is 5. The Morgan fingerprint density at radius 2 is 1.85 bits per heavy atom. The van der Waals surface area contributed by atoms with Crippen LogP contribution in [-0.2, 0) is 16.1 Å². The van der Waals surface area contributed by atoms with Gasteiger partial charge in [-0.15, -0.1) is 0 Å². The van der Waals surface area contributed by atoms with Crippen LogP contribution in [0.3, 0.4) is 0 Å². The van der Waals surface area contributed by atoms with Gasteiger partial charge in [0.15, 0.2) is 0 Å². The summed E-state index contributed by atoms with van der Waals surface area (Å²) < 4.78 is 41.5. The molecule has 1 N–H and O–H groups in total. The molecule has 0 aliphatic carbocycles. The Labute approximate surface area is 152 Å². The van der Waals surface area contributed by atoms with Crippen molar-refractivity contribution >= 4 is 29.1 Å². The van der Waals surface area contributed by atoms with Crippen LogP contribution in [0.2, 0.25) is 5.02 Å². The maximum absolute atomic E-state index is 13.1. The third kappa shape index (κ3) is 5.38. The van der Waals surface area contributed by atoms with Crippen LogP contribution in [0.5, 0.6) is 5.75 Å². The summed E-state index contributed by atoms with van der Waals surface area (Å²) in [6.45, 7) is -2.85. The van der Waals surface area contributed by atoms with Gasteiger partial charge < -0.3 is 15.0 Å². The van der Waals surface area contributed by atoms with Gasteiger partial charge in [0.25, 0.3) is 0 Å². The lowest BCUT2D eigenvalue weighted by molar-refractivity contribution is -0.142. The maximum Gasteiger partial charge on any atom is 0.387 e. The van der Waals surface area contributed by atoms with Gasteiger partial charge in [-0.25, -0.2) is 4.39 Å². The molecule has 2 aromatic rings. The number of carbonyl (C=O) groups excluding carboxylic acids is 2. The van der Waals surface area contributed by atoms with Crippen molar-refractivity contribution in [1.82, 2.24) is 4.90 Å². The summed E-state index contributed by atoms with van der Waals surface area (Å²) in [5, 5.41) is 2.14. The monoisotopic (exact) mass is 386 g/mol. The van der Waals surface area contributed by atoms with E-state index in [0.29, 0.717) is 5.56 Å². The molecule has 0 atom stereocenters. The van der Waals surface area contributed by atoms with Gasteiger partial charge in [0, 0.05) is 19.3 Å². The second kappa shape index (κ2) is 8.57. The highest BCUT2D eigenvalue weighted by Gasteiger charge is 2.19. The maximum atomic E-state index is 13.1. The smallest absolute Gasteiger partial charge is 0.387 e. The van der Waals surface area contributed by atoms with Crippen molar-refractivity contribution in [3.8, 4) is 5.75 Å². The topological polar surface area (TPSA) is 58.6 Å². The molecule has 0 bridgehead atoms. The zero-order valence-corrected chi connectivity index (χ0v) is 14.3. The number of likely N-dealkylation sites (N-methyl/N-ethyl adjacent to an activating group) is 1. The molecular formula is C17H14ClF3N2O3. The van der Waals surface area contributed by atoms with Gasteiger partial charge in [0.2, 0.25) is 0 Å². The Kier molecular flexibility index (Phi) is 6.46. The molecule has 2 aromatic carbocycles. The molecule has 5 nitrogen and oxygen atoms in total. The van der Waals surface area contributed by atoms with Crippen molar-refractivity contribution in [2.24, 2.45) is 0 Å². The van der Waals surface area contributed by atoms with Gasteiger partial charge in [0.05, 0.1) is 5.02 Å². The Balaban J connectivity index is 1.95. The average Bonchev–Trinajstić information content (AvgIpc) is 2.58. The van der Waals surface area contributed by atoms with Crippen LogP contribution in [0.4, 0.5) is 18.9 Å². The number of nitrogens with one attached hydrogen (secondary N) is 1. The molecule has 0 saturated heterocycles. The van der Waals surface area contributed by atoms with Crippen LogP contribution in [0, 0.1) is 5.82 Å². The summed E-state index contributed by atoms with van der Waals surface area (Å²) in [5.74, 6) is -2.41. The fourth-order valence-corrected chi connectivity index (χ4v) is 2.23. The summed E-state index contributed by atoms with van der Waals surface area (Å²) in [5.41, 5.74) is 0.789. The highest BCUT2D eigenvalue weighted by molar-refractivity contribution is 6.39. The number of alkyl halides is 2. The highest BCUT2D eigenvalue weighted by atomic mass is 35.5. The third-order valence-electron chi connectivity index (χ3n) is 3.29. The number of halogens is 4. The second-order valence-corrected chi connectivity index (χ2v) is 5.67. The lowest BCUT2D eigenvalue weighted by Crippen LogP contribution is -2.36. The number of nitrogens with zero attached hydrogens (tertiary/aromatic N) is 1. The van der Waals surface area contributed by atoms with E-state index in [1.54, 1.807) is 0 Å². The number of hydrogen-bond donors (Lipinski definition) is 1. The summed E-state index contributed by atoms with van der Waals surface area (Å²) in [6.07, 6.45) is 0. The number of benzene rings is 2. The van der Waals surface area contributed by atoms with E-state index in [2.05, 4.69) is 10.1 Å². The molecule has 0 aromatic heterocycles. The minimum Gasteiger partial charge on any atom is -0.435 e. The molecular weight excluding hydrogens is 373 g/mol. The van der Waals surface area contributed by atoms with Crippen molar-refractivity contribution < 1.29 is 27.5 Å². The third-order valence-corrected chi connectivity index (χ3v) is 3.58. The van der Waals surface area contributed by atoms with Crippen molar-refractivity contribution in [1.29, 1.82) is 0 Å². The van der Waals surface area contributed by atoms with Crippen LogP contribution < -0.4 is 10.1 Å². The Hall–Kier alpha value is -2.74. The summed E-state index contributed by atoms with van der Waals surface area (Å²) in [7, 11) is 1.41. The number of amides is 2. The van der Waals surface area contributed by atoms with Gasteiger partial charge in [-0.3, -0.25) is 9.59 Å². The van der Waals surface area contributed by atoms with Crippen molar-refractivity contribution in [2.45, 2.75) is 13.2 Å². The molecule has 138 valence electrons. The van der Waals surface area contributed by atoms with Crippen molar-refractivity contribution in [3.05, 3.63) is 58.9 Å². The van der Waals surface area contributed by atoms with Crippen molar-refractivity contribution in [2.75, 3.05) is 12.4 Å². The summed E-state index contributed by atoms with van der Waals surface area (Å²) >= 11 is 5.61. The molecule has 0 spiro atoms. The first kappa shape index (κ1) is 19.6. The zero-order chi connectivity index (χ0) is 19.3. The molecule has 0 saturated carbocycles. The van der Waals surface area contributed by atoms with E-state index >= 15 is 0 Å². The lowest BCUT2D eigenvalue weighted by atomic mass is 10.2. The van der Waals surface area contributed by atoms with E-state index in [0.717, 1.165) is 11.0 Å². The molecule has 2 rings (SSSR count). The predicted molar refractivity (Wildman–Crippen MR) is 89.6 cm³/mol. The van der Waals surface area contributed by atoms with Crippen LogP contribution in [0.15, 0.2) is 42.5 Å².